The lowest BCUT2D eigenvalue weighted by atomic mass is 10.1. The first-order chi connectivity index (χ1) is 8.54. The van der Waals surface area contributed by atoms with Gasteiger partial charge in [0.15, 0.2) is 4.60 Å². The van der Waals surface area contributed by atoms with E-state index >= 15 is 0 Å². The Balaban J connectivity index is 2.48. The Bertz CT molecular complexity index is 552. The van der Waals surface area contributed by atoms with Gasteiger partial charge in [-0.05, 0) is 49.6 Å². The number of aryl methyl sites for hydroxylation is 1. The summed E-state index contributed by atoms with van der Waals surface area (Å²) in [4.78, 5) is 0. The zero-order chi connectivity index (χ0) is 13.3. The maximum Gasteiger partial charge on any atom is 0.153 e. The van der Waals surface area contributed by atoms with Crippen LogP contribution in [0.3, 0.4) is 0 Å². The van der Waals surface area contributed by atoms with E-state index in [1.807, 2.05) is 18.2 Å². The van der Waals surface area contributed by atoms with Crippen molar-refractivity contribution in [2.45, 2.75) is 6.04 Å². The zero-order valence-corrected chi connectivity index (χ0v) is 13.3. The van der Waals surface area contributed by atoms with Gasteiger partial charge in [0.05, 0.1) is 16.8 Å². The molecule has 0 bridgehead atoms. The summed E-state index contributed by atoms with van der Waals surface area (Å²) in [5.74, 6) is 5.63. The lowest BCUT2D eigenvalue weighted by Crippen LogP contribution is -2.30. The topological polar surface area (TPSA) is 68.8 Å². The molecule has 0 amide bonds. The summed E-state index contributed by atoms with van der Waals surface area (Å²) >= 11 is 12.8. The number of nitrogens with zero attached hydrogens (tertiary/aromatic N) is 3. The summed E-state index contributed by atoms with van der Waals surface area (Å²) < 4.78 is 3.14. The fourth-order valence-corrected chi connectivity index (χ4v) is 2.66. The van der Waals surface area contributed by atoms with Gasteiger partial charge in [0.1, 0.15) is 0 Å². The van der Waals surface area contributed by atoms with Crippen molar-refractivity contribution in [2.24, 2.45) is 12.9 Å². The van der Waals surface area contributed by atoms with Gasteiger partial charge in [-0.25, -0.2) is 10.1 Å². The molecule has 2 rings (SSSR count). The lowest BCUT2D eigenvalue weighted by Gasteiger charge is -2.17. The Labute approximate surface area is 126 Å². The molecule has 0 aliphatic carbocycles. The highest BCUT2D eigenvalue weighted by Crippen LogP contribution is 2.30. The van der Waals surface area contributed by atoms with Crippen LogP contribution in [0.5, 0.6) is 0 Å². The highest BCUT2D eigenvalue weighted by atomic mass is 79.9. The number of halogens is 3. The van der Waals surface area contributed by atoms with Crippen molar-refractivity contribution in [2.75, 3.05) is 0 Å². The average molecular weight is 395 g/mol. The van der Waals surface area contributed by atoms with Crippen molar-refractivity contribution in [3.8, 4) is 0 Å². The Hall–Kier alpha value is -0.470. The van der Waals surface area contributed by atoms with Crippen LogP contribution >= 0.6 is 43.5 Å². The van der Waals surface area contributed by atoms with Crippen LogP contribution in [-0.2, 0) is 7.05 Å². The monoisotopic (exact) mass is 393 g/mol. The van der Waals surface area contributed by atoms with E-state index in [-0.39, 0.29) is 6.04 Å². The van der Waals surface area contributed by atoms with Gasteiger partial charge < -0.3 is 0 Å². The second-order valence-electron chi connectivity index (χ2n) is 3.66. The Kier molecular flexibility index (Phi) is 4.39. The molecular weight excluding hydrogens is 385 g/mol. The van der Waals surface area contributed by atoms with Crippen molar-refractivity contribution in [3.63, 3.8) is 0 Å². The molecule has 96 valence electrons. The molecule has 0 radical (unpaired) electrons. The van der Waals surface area contributed by atoms with Crippen LogP contribution in [0.2, 0.25) is 5.02 Å². The van der Waals surface area contributed by atoms with Gasteiger partial charge in [-0.2, -0.15) is 0 Å². The largest absolute Gasteiger partial charge is 0.271 e. The van der Waals surface area contributed by atoms with Crippen LogP contribution in [0.15, 0.2) is 27.3 Å². The third-order valence-corrected chi connectivity index (χ3v) is 4.34. The molecular formula is C10H10Br2ClN5. The standard InChI is InChI=1S/C10H10Br2ClN5/c1-18-9(10(12)16-17-18)8(15-14)5-2-3-6(11)7(13)4-5/h2-4,8,15H,14H2,1H3. The van der Waals surface area contributed by atoms with E-state index < -0.39 is 0 Å². The highest BCUT2D eigenvalue weighted by Gasteiger charge is 2.21. The maximum atomic E-state index is 6.09. The van der Waals surface area contributed by atoms with E-state index in [1.165, 1.54) is 0 Å². The predicted octanol–water partition coefficient (Wildman–Crippen LogP) is 2.55. The molecule has 1 aromatic heterocycles. The van der Waals surface area contributed by atoms with E-state index in [4.69, 9.17) is 17.4 Å². The molecule has 3 N–H and O–H groups in total. The number of benzene rings is 1. The molecule has 8 heteroatoms. The summed E-state index contributed by atoms with van der Waals surface area (Å²) in [6.07, 6.45) is 0. The zero-order valence-electron chi connectivity index (χ0n) is 9.36. The molecule has 1 atom stereocenters. The van der Waals surface area contributed by atoms with E-state index in [2.05, 4.69) is 47.6 Å². The van der Waals surface area contributed by atoms with Crippen LogP contribution in [-0.4, -0.2) is 15.0 Å². The van der Waals surface area contributed by atoms with E-state index in [0.717, 1.165) is 15.7 Å². The summed E-state index contributed by atoms with van der Waals surface area (Å²) in [6, 6.07) is 5.40. The summed E-state index contributed by atoms with van der Waals surface area (Å²) in [7, 11) is 1.80. The maximum absolute atomic E-state index is 6.09. The highest BCUT2D eigenvalue weighted by molar-refractivity contribution is 9.10. The van der Waals surface area contributed by atoms with Crippen molar-refractivity contribution >= 4 is 43.5 Å². The normalized spacial score (nSPS) is 12.7. The summed E-state index contributed by atoms with van der Waals surface area (Å²) in [6.45, 7) is 0. The third kappa shape index (κ3) is 2.60. The molecule has 0 aliphatic rings. The van der Waals surface area contributed by atoms with Crippen molar-refractivity contribution < 1.29 is 0 Å². The first-order valence-electron chi connectivity index (χ1n) is 5.00. The molecule has 1 heterocycles. The van der Waals surface area contributed by atoms with Gasteiger partial charge >= 0.3 is 0 Å². The average Bonchev–Trinajstić information content (AvgIpc) is 2.66. The molecule has 0 fully saturated rings. The SMILES string of the molecule is Cn1nnc(Br)c1C(NN)c1ccc(Br)c(Cl)c1. The fourth-order valence-electron chi connectivity index (χ4n) is 1.67. The van der Waals surface area contributed by atoms with Gasteiger partial charge in [0.2, 0.25) is 0 Å². The smallest absolute Gasteiger partial charge is 0.153 e. The predicted molar refractivity (Wildman–Crippen MR) is 77.0 cm³/mol. The number of nitrogens with two attached hydrogens (primary N) is 1. The molecule has 1 unspecified atom stereocenters. The first kappa shape index (κ1) is 14.0. The minimum Gasteiger partial charge on any atom is -0.271 e. The number of nitrogens with one attached hydrogen (secondary N) is 1. The Morgan fingerprint density at radius 1 is 1.44 bits per heavy atom. The van der Waals surface area contributed by atoms with Crippen molar-refractivity contribution in [1.29, 1.82) is 0 Å². The molecule has 2 aromatic rings. The molecule has 18 heavy (non-hydrogen) atoms. The second-order valence-corrected chi connectivity index (χ2v) is 5.68. The van der Waals surface area contributed by atoms with Crippen molar-refractivity contribution in [3.05, 3.63) is 43.6 Å². The van der Waals surface area contributed by atoms with Crippen molar-refractivity contribution in [1.82, 2.24) is 20.4 Å². The lowest BCUT2D eigenvalue weighted by molar-refractivity contribution is 0.569. The molecule has 5 nitrogen and oxygen atoms in total. The molecule has 0 aliphatic heterocycles. The molecule has 1 aromatic carbocycles. The number of aromatic nitrogens is 3. The minimum atomic E-state index is -0.245. The van der Waals surface area contributed by atoms with Gasteiger partial charge in [0.25, 0.3) is 0 Å². The van der Waals surface area contributed by atoms with Gasteiger partial charge in [0, 0.05) is 11.5 Å². The number of hydrazine groups is 1. The Morgan fingerprint density at radius 2 is 2.17 bits per heavy atom. The summed E-state index contributed by atoms with van der Waals surface area (Å²) in [5.41, 5.74) is 4.50. The molecule has 0 saturated carbocycles. The number of rotatable bonds is 3. The second kappa shape index (κ2) is 5.66. The van der Waals surface area contributed by atoms with E-state index in [9.17, 15) is 0 Å². The van der Waals surface area contributed by atoms with Gasteiger partial charge in [-0.1, -0.05) is 22.9 Å². The van der Waals surface area contributed by atoms with Crippen LogP contribution in [0.25, 0.3) is 0 Å². The quantitative estimate of drug-likeness (QED) is 0.619. The van der Waals surface area contributed by atoms with Gasteiger partial charge in [-0.15, -0.1) is 5.10 Å². The van der Waals surface area contributed by atoms with Crippen LogP contribution in [0.4, 0.5) is 0 Å². The van der Waals surface area contributed by atoms with Crippen LogP contribution < -0.4 is 11.3 Å². The summed E-state index contributed by atoms with van der Waals surface area (Å²) in [5, 5.41) is 8.50. The number of hydrogen-bond donors (Lipinski definition) is 2. The van der Waals surface area contributed by atoms with E-state index in [0.29, 0.717) is 9.63 Å². The van der Waals surface area contributed by atoms with Gasteiger partial charge in [-0.3, -0.25) is 5.84 Å². The minimum absolute atomic E-state index is 0.245. The van der Waals surface area contributed by atoms with E-state index in [1.54, 1.807) is 11.7 Å². The Morgan fingerprint density at radius 3 is 2.67 bits per heavy atom. The fraction of sp³-hybridized carbons (Fsp3) is 0.200. The first-order valence-corrected chi connectivity index (χ1v) is 6.97. The molecule has 0 spiro atoms. The van der Waals surface area contributed by atoms with Crippen LogP contribution in [0, 0.1) is 0 Å². The number of hydrogen-bond acceptors (Lipinski definition) is 4. The molecule has 0 saturated heterocycles. The third-order valence-electron chi connectivity index (χ3n) is 2.54. The van der Waals surface area contributed by atoms with Crippen LogP contribution in [0.1, 0.15) is 17.3 Å².